The fourth-order valence-electron chi connectivity index (χ4n) is 1.82. The second-order valence-corrected chi connectivity index (χ2v) is 3.77. The molecule has 1 heterocycles. The Kier molecular flexibility index (Phi) is 2.85. The number of anilines is 1. The van der Waals surface area contributed by atoms with E-state index in [0.717, 1.165) is 12.1 Å². The van der Waals surface area contributed by atoms with E-state index in [9.17, 15) is 18.0 Å². The van der Waals surface area contributed by atoms with Crippen molar-refractivity contribution in [1.82, 2.24) is 0 Å². The van der Waals surface area contributed by atoms with Crippen LogP contribution in [0.25, 0.3) is 0 Å². The summed E-state index contributed by atoms with van der Waals surface area (Å²) in [5.74, 6) is -1.82. The predicted molar refractivity (Wildman–Crippen MR) is 53.5 cm³/mol. The van der Waals surface area contributed by atoms with Crippen LogP contribution in [0.4, 0.5) is 18.9 Å². The molecular weight excluding hydrogens is 219 g/mol. The molecule has 0 unspecified atom stereocenters. The van der Waals surface area contributed by atoms with Crippen molar-refractivity contribution in [3.63, 3.8) is 0 Å². The standard InChI is InChI=1S/C11H10F3NO/c12-7-1-2-15(5-7)8-3-10(13)9(6-16)11(14)4-8/h3-4,6-7H,1-2,5H2/t7-/m1/s1. The molecule has 1 aromatic rings. The number of carbonyl (C=O) groups is 1. The van der Waals surface area contributed by atoms with Crippen LogP contribution in [0.1, 0.15) is 16.8 Å². The molecule has 0 aliphatic carbocycles. The van der Waals surface area contributed by atoms with Crippen molar-refractivity contribution in [3.8, 4) is 0 Å². The highest BCUT2D eigenvalue weighted by Crippen LogP contribution is 2.25. The molecule has 0 saturated carbocycles. The lowest BCUT2D eigenvalue weighted by molar-refractivity contribution is 0.111. The summed E-state index contributed by atoms with van der Waals surface area (Å²) in [5.41, 5.74) is -0.305. The van der Waals surface area contributed by atoms with Crippen LogP contribution >= 0.6 is 0 Å². The first kappa shape index (κ1) is 11.0. The minimum atomic E-state index is -0.961. The lowest BCUT2D eigenvalue weighted by Crippen LogP contribution is -2.20. The van der Waals surface area contributed by atoms with E-state index in [1.807, 2.05) is 0 Å². The van der Waals surface area contributed by atoms with Crippen LogP contribution in [0.5, 0.6) is 0 Å². The summed E-state index contributed by atoms with van der Waals surface area (Å²) >= 11 is 0. The molecule has 1 fully saturated rings. The van der Waals surface area contributed by atoms with E-state index < -0.39 is 23.4 Å². The maximum Gasteiger partial charge on any atom is 0.155 e. The fraction of sp³-hybridized carbons (Fsp3) is 0.364. The Labute approximate surface area is 90.7 Å². The van der Waals surface area contributed by atoms with Gasteiger partial charge in [-0.1, -0.05) is 0 Å². The van der Waals surface area contributed by atoms with Gasteiger partial charge in [0, 0.05) is 18.8 Å². The molecule has 0 radical (unpaired) electrons. The van der Waals surface area contributed by atoms with Gasteiger partial charge in [0.2, 0.25) is 0 Å². The number of hydrogen-bond acceptors (Lipinski definition) is 2. The van der Waals surface area contributed by atoms with E-state index in [1.54, 1.807) is 4.90 Å². The van der Waals surface area contributed by atoms with Gasteiger partial charge in [-0.15, -0.1) is 0 Å². The van der Waals surface area contributed by atoms with Crippen molar-refractivity contribution in [2.75, 3.05) is 18.0 Å². The molecule has 0 amide bonds. The van der Waals surface area contributed by atoms with E-state index in [4.69, 9.17) is 0 Å². The Morgan fingerprint density at radius 2 is 1.94 bits per heavy atom. The third-order valence-electron chi connectivity index (χ3n) is 2.68. The molecule has 0 aromatic heterocycles. The highest BCUT2D eigenvalue weighted by molar-refractivity contribution is 5.77. The minimum absolute atomic E-state index is 0.135. The zero-order valence-corrected chi connectivity index (χ0v) is 8.42. The molecule has 1 atom stereocenters. The predicted octanol–water partition coefficient (Wildman–Crippen LogP) is 2.33. The average molecular weight is 229 g/mol. The van der Waals surface area contributed by atoms with Crippen molar-refractivity contribution in [2.24, 2.45) is 0 Å². The maximum atomic E-state index is 13.3. The summed E-state index contributed by atoms with van der Waals surface area (Å²) in [6.07, 6.45) is -0.466. The molecular formula is C11H10F3NO. The van der Waals surface area contributed by atoms with E-state index in [0.29, 0.717) is 13.0 Å². The Bertz CT molecular complexity index is 399. The lowest BCUT2D eigenvalue weighted by atomic mass is 10.2. The molecule has 16 heavy (non-hydrogen) atoms. The van der Waals surface area contributed by atoms with Gasteiger partial charge in [0.1, 0.15) is 17.8 Å². The van der Waals surface area contributed by atoms with Crippen LogP contribution < -0.4 is 4.90 Å². The van der Waals surface area contributed by atoms with E-state index >= 15 is 0 Å². The number of hydrogen-bond donors (Lipinski definition) is 0. The Morgan fingerprint density at radius 1 is 1.31 bits per heavy atom. The van der Waals surface area contributed by atoms with Crippen LogP contribution in [0.15, 0.2) is 12.1 Å². The van der Waals surface area contributed by atoms with Crippen molar-refractivity contribution in [1.29, 1.82) is 0 Å². The molecule has 1 aliphatic rings. The third kappa shape index (κ3) is 1.89. The smallest absolute Gasteiger partial charge is 0.155 e. The quantitative estimate of drug-likeness (QED) is 0.725. The van der Waals surface area contributed by atoms with Gasteiger partial charge in [-0.05, 0) is 18.6 Å². The first-order valence-electron chi connectivity index (χ1n) is 4.95. The van der Waals surface area contributed by atoms with E-state index in [1.165, 1.54) is 0 Å². The molecule has 0 spiro atoms. The number of benzene rings is 1. The summed E-state index contributed by atoms with van der Waals surface area (Å²) in [7, 11) is 0. The van der Waals surface area contributed by atoms with Crippen molar-refractivity contribution in [2.45, 2.75) is 12.6 Å². The molecule has 2 rings (SSSR count). The Balaban J connectivity index is 2.33. The van der Waals surface area contributed by atoms with Crippen LogP contribution in [0.2, 0.25) is 0 Å². The molecule has 0 N–H and O–H groups in total. The highest BCUT2D eigenvalue weighted by atomic mass is 19.1. The normalized spacial score (nSPS) is 20.2. The summed E-state index contributed by atoms with van der Waals surface area (Å²) < 4.78 is 39.5. The lowest BCUT2D eigenvalue weighted by Gasteiger charge is -2.18. The summed E-state index contributed by atoms with van der Waals surface area (Å²) in [6, 6.07) is 2.12. The van der Waals surface area contributed by atoms with Crippen molar-refractivity contribution >= 4 is 12.0 Å². The maximum absolute atomic E-state index is 13.3. The molecule has 1 aliphatic heterocycles. The number of aldehydes is 1. The third-order valence-corrected chi connectivity index (χ3v) is 2.68. The van der Waals surface area contributed by atoms with E-state index in [2.05, 4.69) is 0 Å². The minimum Gasteiger partial charge on any atom is -0.368 e. The van der Waals surface area contributed by atoms with Gasteiger partial charge >= 0.3 is 0 Å². The number of nitrogens with zero attached hydrogens (tertiary/aromatic N) is 1. The summed E-state index contributed by atoms with van der Waals surface area (Å²) in [6.45, 7) is 0.569. The second-order valence-electron chi connectivity index (χ2n) is 3.77. The topological polar surface area (TPSA) is 20.3 Å². The zero-order chi connectivity index (χ0) is 11.7. The van der Waals surface area contributed by atoms with Gasteiger partial charge in [-0.25, -0.2) is 13.2 Å². The van der Waals surface area contributed by atoms with Crippen molar-refractivity contribution in [3.05, 3.63) is 29.3 Å². The first-order valence-corrected chi connectivity index (χ1v) is 4.95. The number of alkyl halides is 1. The Morgan fingerprint density at radius 3 is 2.38 bits per heavy atom. The van der Waals surface area contributed by atoms with Crippen LogP contribution in [-0.2, 0) is 0 Å². The zero-order valence-electron chi connectivity index (χ0n) is 8.42. The van der Waals surface area contributed by atoms with Gasteiger partial charge in [0.15, 0.2) is 6.29 Å². The summed E-state index contributed by atoms with van der Waals surface area (Å²) in [4.78, 5) is 11.9. The molecule has 0 bridgehead atoms. The largest absolute Gasteiger partial charge is 0.368 e. The molecule has 86 valence electrons. The Hall–Kier alpha value is -1.52. The van der Waals surface area contributed by atoms with Gasteiger partial charge in [0.05, 0.1) is 5.56 Å². The fourth-order valence-corrected chi connectivity index (χ4v) is 1.82. The SMILES string of the molecule is O=Cc1c(F)cc(N2CC[C@@H](F)C2)cc1F. The molecule has 2 nitrogen and oxygen atoms in total. The molecule has 1 aromatic carbocycles. The number of rotatable bonds is 2. The van der Waals surface area contributed by atoms with Crippen LogP contribution in [0.3, 0.4) is 0 Å². The average Bonchev–Trinajstić information content (AvgIpc) is 2.64. The van der Waals surface area contributed by atoms with Gasteiger partial charge in [-0.3, -0.25) is 4.79 Å². The van der Waals surface area contributed by atoms with E-state index in [-0.39, 0.29) is 18.5 Å². The van der Waals surface area contributed by atoms with Crippen molar-refractivity contribution < 1.29 is 18.0 Å². The monoisotopic (exact) mass is 229 g/mol. The molecule has 5 heteroatoms. The first-order chi connectivity index (χ1) is 7.61. The summed E-state index contributed by atoms with van der Waals surface area (Å²) in [5, 5.41) is 0. The number of carbonyl (C=O) groups excluding carboxylic acids is 1. The van der Waals surface area contributed by atoms with Gasteiger partial charge in [0.25, 0.3) is 0 Å². The highest BCUT2D eigenvalue weighted by Gasteiger charge is 2.23. The van der Waals surface area contributed by atoms with Crippen LogP contribution in [-0.4, -0.2) is 25.5 Å². The van der Waals surface area contributed by atoms with Gasteiger partial charge in [-0.2, -0.15) is 0 Å². The van der Waals surface area contributed by atoms with Gasteiger partial charge < -0.3 is 4.90 Å². The second kappa shape index (κ2) is 4.15. The molecule has 1 saturated heterocycles. The van der Waals surface area contributed by atoms with Crippen LogP contribution in [0, 0.1) is 11.6 Å². The number of halogens is 3.